The van der Waals surface area contributed by atoms with Crippen LogP contribution in [0.3, 0.4) is 0 Å². The fourth-order valence-electron chi connectivity index (χ4n) is 1.54. The first-order chi connectivity index (χ1) is 8.28. The van der Waals surface area contributed by atoms with Gasteiger partial charge in [-0.15, -0.1) is 0 Å². The number of hydrogen-bond donors (Lipinski definition) is 3. The summed E-state index contributed by atoms with van der Waals surface area (Å²) in [6, 6.07) is 1.47. The van der Waals surface area contributed by atoms with Gasteiger partial charge >= 0.3 is 0 Å². The Hall–Kier alpha value is -1.36. The summed E-state index contributed by atoms with van der Waals surface area (Å²) >= 11 is 0. The average Bonchev–Trinajstić information content (AvgIpc) is 2.27. The zero-order valence-corrected chi connectivity index (χ0v) is 11.9. The van der Waals surface area contributed by atoms with Crippen LogP contribution in [0, 0.1) is 5.92 Å². The Balaban J connectivity index is 3.07. The third-order valence-electron chi connectivity index (χ3n) is 3.42. The van der Waals surface area contributed by atoms with Gasteiger partial charge in [0.1, 0.15) is 11.6 Å². The molecule has 4 N–H and O–H groups in total. The van der Waals surface area contributed by atoms with Gasteiger partial charge in [0.05, 0.1) is 5.54 Å². The molecule has 1 unspecified atom stereocenters. The van der Waals surface area contributed by atoms with Crippen molar-refractivity contribution in [3.8, 4) is 0 Å². The second-order valence-corrected chi connectivity index (χ2v) is 5.57. The van der Waals surface area contributed by atoms with E-state index >= 15 is 0 Å². The van der Waals surface area contributed by atoms with E-state index in [1.54, 1.807) is 0 Å². The van der Waals surface area contributed by atoms with E-state index in [2.05, 4.69) is 29.1 Å². The molecule has 1 aromatic heterocycles. The van der Waals surface area contributed by atoms with Crippen LogP contribution in [0.1, 0.15) is 46.4 Å². The first-order valence-electron chi connectivity index (χ1n) is 6.38. The van der Waals surface area contributed by atoms with Gasteiger partial charge in [-0.1, -0.05) is 27.7 Å². The molecule has 0 aliphatic carbocycles. The Morgan fingerprint density at radius 2 is 2.06 bits per heavy atom. The lowest BCUT2D eigenvalue weighted by Crippen LogP contribution is -2.47. The minimum atomic E-state index is -0.269. The molecule has 0 saturated heterocycles. The topological polar surface area (TPSA) is 83.8 Å². The SMILES string of the molecule is CC(C)c1nc(NC(C)(CN)C(C)C)cc(=O)[nH]1. The number of aromatic nitrogens is 2. The van der Waals surface area contributed by atoms with Crippen LogP contribution in [-0.4, -0.2) is 22.1 Å². The zero-order chi connectivity index (χ0) is 13.9. The number of aromatic amines is 1. The quantitative estimate of drug-likeness (QED) is 0.744. The Labute approximate surface area is 108 Å². The number of rotatable bonds is 5. The van der Waals surface area contributed by atoms with E-state index in [1.165, 1.54) is 6.07 Å². The van der Waals surface area contributed by atoms with E-state index in [1.807, 2.05) is 20.8 Å². The number of anilines is 1. The van der Waals surface area contributed by atoms with E-state index in [9.17, 15) is 4.79 Å². The molecule has 1 aromatic rings. The lowest BCUT2D eigenvalue weighted by Gasteiger charge is -2.34. The fourth-order valence-corrected chi connectivity index (χ4v) is 1.54. The molecule has 102 valence electrons. The number of hydrogen-bond acceptors (Lipinski definition) is 4. The van der Waals surface area contributed by atoms with Crippen molar-refractivity contribution in [2.75, 3.05) is 11.9 Å². The van der Waals surface area contributed by atoms with Gasteiger partial charge in [-0.05, 0) is 12.8 Å². The summed E-state index contributed by atoms with van der Waals surface area (Å²) in [4.78, 5) is 18.8. The summed E-state index contributed by atoms with van der Waals surface area (Å²) in [5.74, 6) is 1.80. The van der Waals surface area contributed by atoms with Gasteiger partial charge in [-0.25, -0.2) is 4.98 Å². The van der Waals surface area contributed by atoms with Crippen LogP contribution in [-0.2, 0) is 0 Å². The summed E-state index contributed by atoms with van der Waals surface area (Å²) in [6.45, 7) is 10.7. The second-order valence-electron chi connectivity index (χ2n) is 5.57. The van der Waals surface area contributed by atoms with E-state index in [0.717, 1.165) is 0 Å². The summed E-state index contributed by atoms with van der Waals surface area (Å²) in [6.07, 6.45) is 0. The van der Waals surface area contributed by atoms with Crippen LogP contribution in [0.15, 0.2) is 10.9 Å². The molecular weight excluding hydrogens is 228 g/mol. The Morgan fingerprint density at radius 1 is 1.44 bits per heavy atom. The maximum atomic E-state index is 11.6. The highest BCUT2D eigenvalue weighted by atomic mass is 16.1. The van der Waals surface area contributed by atoms with Crippen LogP contribution in [0.5, 0.6) is 0 Å². The van der Waals surface area contributed by atoms with Crippen LogP contribution < -0.4 is 16.6 Å². The van der Waals surface area contributed by atoms with Gasteiger partial charge < -0.3 is 16.0 Å². The minimum absolute atomic E-state index is 0.140. The normalized spacial score (nSPS) is 14.9. The second kappa shape index (κ2) is 5.52. The lowest BCUT2D eigenvalue weighted by molar-refractivity contribution is 0.381. The summed E-state index contributed by atoms with van der Waals surface area (Å²) in [5, 5.41) is 3.28. The Kier molecular flexibility index (Phi) is 4.51. The maximum Gasteiger partial charge on any atom is 0.252 e. The van der Waals surface area contributed by atoms with Crippen molar-refractivity contribution < 1.29 is 0 Å². The highest BCUT2D eigenvalue weighted by molar-refractivity contribution is 5.37. The molecule has 18 heavy (non-hydrogen) atoms. The lowest BCUT2D eigenvalue weighted by atomic mass is 9.88. The first kappa shape index (κ1) is 14.7. The summed E-state index contributed by atoms with van der Waals surface area (Å²) in [7, 11) is 0. The van der Waals surface area contributed by atoms with Crippen molar-refractivity contribution >= 4 is 5.82 Å². The van der Waals surface area contributed by atoms with Crippen molar-refractivity contribution in [1.29, 1.82) is 0 Å². The number of H-pyrrole nitrogens is 1. The standard InChI is InChI=1S/C13H24N4O/c1-8(2)12-15-10(6-11(18)16-12)17-13(5,7-14)9(3)4/h6,8-9H,7,14H2,1-5H3,(H2,15,16,17,18). The molecule has 0 spiro atoms. The van der Waals surface area contributed by atoms with Crippen LogP contribution in [0.4, 0.5) is 5.82 Å². The number of nitrogens with one attached hydrogen (secondary N) is 2. The molecule has 0 fully saturated rings. The molecule has 0 aliphatic rings. The highest BCUT2D eigenvalue weighted by Crippen LogP contribution is 2.20. The molecule has 1 rings (SSSR count). The van der Waals surface area contributed by atoms with Gasteiger partial charge in [-0.2, -0.15) is 0 Å². The largest absolute Gasteiger partial charge is 0.363 e. The van der Waals surface area contributed by atoms with E-state index in [4.69, 9.17) is 5.73 Å². The van der Waals surface area contributed by atoms with E-state index in [0.29, 0.717) is 24.1 Å². The molecule has 1 atom stereocenters. The molecule has 0 radical (unpaired) electrons. The van der Waals surface area contributed by atoms with Gasteiger partial charge in [0.2, 0.25) is 0 Å². The van der Waals surface area contributed by atoms with E-state index in [-0.39, 0.29) is 17.0 Å². The van der Waals surface area contributed by atoms with Crippen molar-refractivity contribution in [3.05, 3.63) is 22.2 Å². The third kappa shape index (κ3) is 3.32. The Morgan fingerprint density at radius 3 is 2.50 bits per heavy atom. The van der Waals surface area contributed by atoms with Crippen molar-refractivity contribution in [2.24, 2.45) is 11.7 Å². The zero-order valence-electron chi connectivity index (χ0n) is 11.9. The number of nitrogens with two attached hydrogens (primary N) is 1. The highest BCUT2D eigenvalue weighted by Gasteiger charge is 2.27. The Bertz CT molecular complexity index is 453. The van der Waals surface area contributed by atoms with Gasteiger partial charge in [-0.3, -0.25) is 4.79 Å². The van der Waals surface area contributed by atoms with Crippen LogP contribution in [0.2, 0.25) is 0 Å². The number of nitrogens with zero attached hydrogens (tertiary/aromatic N) is 1. The average molecular weight is 252 g/mol. The molecule has 5 nitrogen and oxygen atoms in total. The molecule has 0 aliphatic heterocycles. The molecule has 5 heteroatoms. The molecule has 0 aromatic carbocycles. The van der Waals surface area contributed by atoms with Gasteiger partial charge in [0, 0.05) is 18.5 Å². The van der Waals surface area contributed by atoms with Crippen LogP contribution >= 0.6 is 0 Å². The predicted molar refractivity (Wildman–Crippen MR) is 74.9 cm³/mol. The summed E-state index contributed by atoms with van der Waals surface area (Å²) < 4.78 is 0. The van der Waals surface area contributed by atoms with Crippen LogP contribution in [0.25, 0.3) is 0 Å². The van der Waals surface area contributed by atoms with Crippen molar-refractivity contribution in [3.63, 3.8) is 0 Å². The molecule has 0 saturated carbocycles. The predicted octanol–water partition coefficient (Wildman–Crippen LogP) is 1.68. The maximum absolute atomic E-state index is 11.6. The van der Waals surface area contributed by atoms with Crippen molar-refractivity contribution in [1.82, 2.24) is 9.97 Å². The molecular formula is C13H24N4O. The van der Waals surface area contributed by atoms with Gasteiger partial charge in [0.15, 0.2) is 0 Å². The van der Waals surface area contributed by atoms with E-state index < -0.39 is 0 Å². The summed E-state index contributed by atoms with van der Waals surface area (Å²) in [5.41, 5.74) is 5.41. The van der Waals surface area contributed by atoms with Crippen molar-refractivity contribution in [2.45, 2.75) is 46.1 Å². The fraction of sp³-hybridized carbons (Fsp3) is 0.692. The molecule has 0 bridgehead atoms. The molecule has 1 heterocycles. The molecule has 0 amide bonds. The third-order valence-corrected chi connectivity index (χ3v) is 3.42. The monoisotopic (exact) mass is 252 g/mol. The smallest absolute Gasteiger partial charge is 0.252 e. The van der Waals surface area contributed by atoms with Gasteiger partial charge in [0.25, 0.3) is 5.56 Å². The first-order valence-corrected chi connectivity index (χ1v) is 6.38. The minimum Gasteiger partial charge on any atom is -0.363 e.